The monoisotopic (exact) mass is 425 g/mol. The fraction of sp³-hybridized carbons (Fsp3) is 0.0667. The van der Waals surface area contributed by atoms with Crippen molar-refractivity contribution in [2.75, 3.05) is 0 Å². The predicted octanol–water partition coefficient (Wildman–Crippen LogP) is 5.25. The van der Waals surface area contributed by atoms with Crippen molar-refractivity contribution in [1.29, 1.82) is 0 Å². The third kappa shape index (κ3) is 2.78. The summed E-state index contributed by atoms with van der Waals surface area (Å²) in [5, 5.41) is 9.80. The highest BCUT2D eigenvalue weighted by Gasteiger charge is 2.17. The number of aromatic nitrogens is 3. The van der Waals surface area contributed by atoms with Crippen LogP contribution in [0.25, 0.3) is 17.1 Å². The highest BCUT2D eigenvalue weighted by Crippen LogP contribution is 2.34. The molecule has 0 saturated carbocycles. The Bertz CT molecular complexity index is 772. The first-order chi connectivity index (χ1) is 10.2. The number of para-hydroxylation sites is 1. The summed E-state index contributed by atoms with van der Waals surface area (Å²) < 4.78 is 2.84. The molecule has 0 radical (unpaired) electrons. The first kappa shape index (κ1) is 14.8. The zero-order valence-corrected chi connectivity index (χ0v) is 14.7. The number of hydrogen-bond acceptors (Lipinski definition) is 2. The standard InChI is InChI=1S/C15H10Br2ClN3/c16-9-13-19-20-15(11-7-4-8-12(17)14(11)18)21(13)10-5-2-1-3-6-10/h1-8H,9H2. The Morgan fingerprint density at radius 1 is 1.00 bits per heavy atom. The smallest absolute Gasteiger partial charge is 0.170 e. The first-order valence-electron chi connectivity index (χ1n) is 6.22. The molecule has 0 bridgehead atoms. The van der Waals surface area contributed by atoms with Gasteiger partial charge in [-0.05, 0) is 40.2 Å². The van der Waals surface area contributed by atoms with E-state index in [4.69, 9.17) is 11.6 Å². The molecule has 0 aliphatic heterocycles. The van der Waals surface area contributed by atoms with Crippen molar-refractivity contribution in [3.8, 4) is 17.1 Å². The van der Waals surface area contributed by atoms with Gasteiger partial charge in [0.05, 0.1) is 10.4 Å². The lowest BCUT2D eigenvalue weighted by Crippen LogP contribution is -2.01. The highest BCUT2D eigenvalue weighted by atomic mass is 79.9. The van der Waals surface area contributed by atoms with Crippen molar-refractivity contribution in [2.45, 2.75) is 5.33 Å². The molecule has 106 valence electrons. The van der Waals surface area contributed by atoms with Gasteiger partial charge in [0.25, 0.3) is 0 Å². The molecule has 0 aliphatic carbocycles. The molecule has 3 aromatic rings. The van der Waals surface area contributed by atoms with Crippen molar-refractivity contribution >= 4 is 43.5 Å². The quantitative estimate of drug-likeness (QED) is 0.535. The van der Waals surface area contributed by atoms with Gasteiger partial charge < -0.3 is 0 Å². The highest BCUT2D eigenvalue weighted by molar-refractivity contribution is 9.10. The molecule has 1 heterocycles. The van der Waals surface area contributed by atoms with Crippen LogP contribution in [-0.2, 0) is 5.33 Å². The van der Waals surface area contributed by atoms with Crippen LogP contribution in [0.2, 0.25) is 5.02 Å². The molecule has 0 amide bonds. The van der Waals surface area contributed by atoms with Crippen molar-refractivity contribution in [2.24, 2.45) is 0 Å². The van der Waals surface area contributed by atoms with Gasteiger partial charge in [0.1, 0.15) is 5.82 Å². The van der Waals surface area contributed by atoms with Crippen LogP contribution < -0.4 is 0 Å². The molecule has 0 atom stereocenters. The molecular weight excluding hydrogens is 417 g/mol. The van der Waals surface area contributed by atoms with Crippen LogP contribution >= 0.6 is 43.5 Å². The van der Waals surface area contributed by atoms with Crippen LogP contribution in [0.15, 0.2) is 53.0 Å². The molecule has 0 saturated heterocycles. The van der Waals surface area contributed by atoms with Gasteiger partial charge in [-0.3, -0.25) is 4.57 Å². The molecule has 3 nitrogen and oxygen atoms in total. The lowest BCUT2D eigenvalue weighted by molar-refractivity contribution is 0.962. The van der Waals surface area contributed by atoms with Gasteiger partial charge in [0.15, 0.2) is 5.82 Å². The minimum Gasteiger partial charge on any atom is -0.278 e. The average molecular weight is 428 g/mol. The van der Waals surface area contributed by atoms with E-state index < -0.39 is 0 Å². The Hall–Kier alpha value is -1.17. The summed E-state index contributed by atoms with van der Waals surface area (Å²) in [4.78, 5) is 0. The maximum atomic E-state index is 6.40. The molecule has 1 aromatic heterocycles. The van der Waals surface area contributed by atoms with E-state index in [2.05, 4.69) is 42.1 Å². The Kier molecular flexibility index (Phi) is 4.42. The van der Waals surface area contributed by atoms with Gasteiger partial charge in [-0.25, -0.2) is 0 Å². The van der Waals surface area contributed by atoms with Crippen molar-refractivity contribution in [3.63, 3.8) is 0 Å². The van der Waals surface area contributed by atoms with Crippen molar-refractivity contribution in [1.82, 2.24) is 14.8 Å². The lowest BCUT2D eigenvalue weighted by atomic mass is 10.2. The van der Waals surface area contributed by atoms with Crippen LogP contribution in [0.5, 0.6) is 0 Å². The van der Waals surface area contributed by atoms with Gasteiger partial charge in [-0.2, -0.15) is 0 Å². The minimum absolute atomic E-state index is 0.612. The topological polar surface area (TPSA) is 30.7 Å². The van der Waals surface area contributed by atoms with E-state index in [0.717, 1.165) is 27.4 Å². The van der Waals surface area contributed by atoms with Gasteiger partial charge in [0.2, 0.25) is 0 Å². The maximum absolute atomic E-state index is 6.40. The first-order valence-corrected chi connectivity index (χ1v) is 8.51. The van der Waals surface area contributed by atoms with Gasteiger partial charge >= 0.3 is 0 Å². The number of nitrogens with zero attached hydrogens (tertiary/aromatic N) is 3. The summed E-state index contributed by atoms with van der Waals surface area (Å²) >= 11 is 13.3. The van der Waals surface area contributed by atoms with E-state index >= 15 is 0 Å². The van der Waals surface area contributed by atoms with Gasteiger partial charge in [-0.1, -0.05) is 51.8 Å². The average Bonchev–Trinajstić information content (AvgIpc) is 2.94. The lowest BCUT2D eigenvalue weighted by Gasteiger charge is -2.11. The maximum Gasteiger partial charge on any atom is 0.170 e. The molecule has 0 unspecified atom stereocenters. The number of rotatable bonds is 3. The molecule has 21 heavy (non-hydrogen) atoms. The normalized spacial score (nSPS) is 10.8. The predicted molar refractivity (Wildman–Crippen MR) is 92.1 cm³/mol. The minimum atomic E-state index is 0.612. The van der Waals surface area contributed by atoms with Crippen LogP contribution in [0.1, 0.15) is 5.82 Å². The SMILES string of the molecule is Clc1c(Br)cccc1-c1nnc(CBr)n1-c1ccccc1. The van der Waals surface area contributed by atoms with E-state index in [-0.39, 0.29) is 0 Å². The summed E-state index contributed by atoms with van der Waals surface area (Å²) in [5.41, 5.74) is 1.84. The Labute approximate surface area is 144 Å². The second-order valence-corrected chi connectivity index (χ2v) is 6.14. The van der Waals surface area contributed by atoms with Crippen LogP contribution in [-0.4, -0.2) is 14.8 Å². The fourth-order valence-electron chi connectivity index (χ4n) is 2.10. The summed E-state index contributed by atoms with van der Waals surface area (Å²) in [6, 6.07) is 15.8. The van der Waals surface area contributed by atoms with Crippen LogP contribution in [0.4, 0.5) is 0 Å². The van der Waals surface area contributed by atoms with Gasteiger partial charge in [0, 0.05) is 15.7 Å². The van der Waals surface area contributed by atoms with E-state index in [9.17, 15) is 0 Å². The fourth-order valence-corrected chi connectivity index (χ4v) is 3.04. The zero-order chi connectivity index (χ0) is 14.8. The van der Waals surface area contributed by atoms with E-state index in [1.165, 1.54) is 0 Å². The zero-order valence-electron chi connectivity index (χ0n) is 10.8. The molecule has 0 aliphatic rings. The molecular formula is C15H10Br2ClN3. The Morgan fingerprint density at radius 2 is 1.76 bits per heavy atom. The second-order valence-electron chi connectivity index (χ2n) is 4.35. The molecule has 0 fully saturated rings. The summed E-state index contributed by atoms with van der Waals surface area (Å²) in [7, 11) is 0. The molecule has 2 aromatic carbocycles. The third-order valence-corrected chi connectivity index (χ3v) is 4.85. The number of alkyl halides is 1. The molecule has 0 N–H and O–H groups in total. The van der Waals surface area contributed by atoms with E-state index in [0.29, 0.717) is 10.4 Å². The largest absolute Gasteiger partial charge is 0.278 e. The number of hydrogen-bond donors (Lipinski definition) is 0. The van der Waals surface area contributed by atoms with Crippen molar-refractivity contribution in [3.05, 3.63) is 63.9 Å². The summed E-state index contributed by atoms with van der Waals surface area (Å²) in [6.07, 6.45) is 0. The molecule has 3 rings (SSSR count). The number of halogens is 3. The van der Waals surface area contributed by atoms with Crippen LogP contribution in [0, 0.1) is 0 Å². The summed E-state index contributed by atoms with van der Waals surface area (Å²) in [5.74, 6) is 1.55. The number of benzene rings is 2. The van der Waals surface area contributed by atoms with E-state index in [1.54, 1.807) is 0 Å². The van der Waals surface area contributed by atoms with E-state index in [1.807, 2.05) is 53.1 Å². The second kappa shape index (κ2) is 6.30. The molecule has 0 spiro atoms. The third-order valence-electron chi connectivity index (χ3n) is 3.06. The van der Waals surface area contributed by atoms with Crippen LogP contribution in [0.3, 0.4) is 0 Å². The molecule has 6 heteroatoms. The Balaban J connectivity index is 2.25. The van der Waals surface area contributed by atoms with Crippen molar-refractivity contribution < 1.29 is 0 Å². The Morgan fingerprint density at radius 3 is 2.48 bits per heavy atom. The van der Waals surface area contributed by atoms with Gasteiger partial charge in [-0.15, -0.1) is 10.2 Å². The summed E-state index contributed by atoms with van der Waals surface area (Å²) in [6.45, 7) is 0.